The highest BCUT2D eigenvalue weighted by atomic mass is 79.9. The van der Waals surface area contributed by atoms with E-state index in [4.69, 9.17) is 27.9 Å². The van der Waals surface area contributed by atoms with Crippen LogP contribution in [0.5, 0.6) is 5.75 Å². The molecule has 3 aromatic rings. The van der Waals surface area contributed by atoms with Crippen molar-refractivity contribution in [2.45, 2.75) is 20.5 Å². The zero-order valence-corrected chi connectivity index (χ0v) is 21.8. The fourth-order valence-electron chi connectivity index (χ4n) is 3.68. The van der Waals surface area contributed by atoms with Gasteiger partial charge < -0.3 is 4.74 Å². The second-order valence-electron chi connectivity index (χ2n) is 8.02. The summed E-state index contributed by atoms with van der Waals surface area (Å²) in [5, 5.41) is 3.10. The summed E-state index contributed by atoms with van der Waals surface area (Å²) in [5.41, 5.74) is 3.22. The molecule has 0 saturated carbocycles. The molecule has 1 aliphatic heterocycles. The summed E-state index contributed by atoms with van der Waals surface area (Å²) in [7, 11) is 0. The molecule has 1 fully saturated rings. The minimum Gasteiger partial charge on any atom is -0.488 e. The molecule has 6 nitrogen and oxygen atoms in total. The van der Waals surface area contributed by atoms with Gasteiger partial charge in [-0.3, -0.25) is 14.9 Å². The first-order chi connectivity index (χ1) is 16.6. The number of halogens is 3. The van der Waals surface area contributed by atoms with E-state index >= 15 is 0 Å². The monoisotopic (exact) mass is 572 g/mol. The highest BCUT2D eigenvalue weighted by Gasteiger charge is 2.37. The van der Waals surface area contributed by atoms with E-state index in [0.717, 1.165) is 26.1 Å². The lowest BCUT2D eigenvalue weighted by molar-refractivity contribution is -0.122. The molecule has 4 amide bonds. The summed E-state index contributed by atoms with van der Waals surface area (Å²) in [4.78, 5) is 39.5. The number of nitrogens with zero attached hydrogens (tertiary/aromatic N) is 1. The maximum atomic E-state index is 13.3. The molecule has 178 valence electrons. The number of imide groups is 2. The van der Waals surface area contributed by atoms with E-state index in [0.29, 0.717) is 27.0 Å². The fraction of sp³-hybridized carbons (Fsp3) is 0.115. The molecule has 0 spiro atoms. The van der Waals surface area contributed by atoms with Crippen LogP contribution in [-0.2, 0) is 16.2 Å². The van der Waals surface area contributed by atoms with E-state index in [1.54, 1.807) is 48.5 Å². The van der Waals surface area contributed by atoms with Crippen molar-refractivity contribution in [2.24, 2.45) is 0 Å². The first kappa shape index (κ1) is 25.0. The normalized spacial score (nSPS) is 14.9. The van der Waals surface area contributed by atoms with Crippen LogP contribution in [0.15, 0.2) is 64.6 Å². The van der Waals surface area contributed by atoms with E-state index in [2.05, 4.69) is 21.2 Å². The first-order valence-corrected chi connectivity index (χ1v) is 12.0. The maximum Gasteiger partial charge on any atom is 0.335 e. The van der Waals surface area contributed by atoms with Crippen LogP contribution in [0.3, 0.4) is 0 Å². The van der Waals surface area contributed by atoms with Crippen molar-refractivity contribution in [1.82, 2.24) is 5.32 Å². The molecule has 1 N–H and O–H groups in total. The molecular weight excluding hydrogens is 555 g/mol. The predicted octanol–water partition coefficient (Wildman–Crippen LogP) is 6.62. The van der Waals surface area contributed by atoms with E-state index in [9.17, 15) is 14.4 Å². The van der Waals surface area contributed by atoms with Crippen molar-refractivity contribution < 1.29 is 19.1 Å². The second kappa shape index (κ2) is 10.2. The number of hydrogen-bond donors (Lipinski definition) is 1. The molecule has 1 heterocycles. The number of nitrogens with one attached hydrogen (secondary N) is 1. The van der Waals surface area contributed by atoms with Gasteiger partial charge in [-0.2, -0.15) is 0 Å². The Hall–Kier alpha value is -3.13. The fourth-order valence-corrected chi connectivity index (χ4v) is 4.38. The van der Waals surface area contributed by atoms with Crippen molar-refractivity contribution in [3.63, 3.8) is 0 Å². The van der Waals surface area contributed by atoms with Gasteiger partial charge in [0.2, 0.25) is 0 Å². The lowest BCUT2D eigenvalue weighted by Crippen LogP contribution is -2.54. The van der Waals surface area contributed by atoms with Gasteiger partial charge in [0.15, 0.2) is 0 Å². The van der Waals surface area contributed by atoms with E-state index < -0.39 is 17.8 Å². The number of benzene rings is 3. The van der Waals surface area contributed by atoms with Crippen molar-refractivity contribution in [3.05, 3.63) is 96.9 Å². The van der Waals surface area contributed by atoms with Crippen LogP contribution in [0.1, 0.15) is 22.3 Å². The summed E-state index contributed by atoms with van der Waals surface area (Å²) in [6.07, 6.45) is 1.41. The Kier molecular flexibility index (Phi) is 7.31. The molecule has 0 unspecified atom stereocenters. The Morgan fingerprint density at radius 1 is 0.943 bits per heavy atom. The van der Waals surface area contributed by atoms with Gasteiger partial charge in [0.25, 0.3) is 11.8 Å². The number of rotatable bonds is 5. The third kappa shape index (κ3) is 5.59. The molecule has 0 bridgehead atoms. The number of aryl methyl sites for hydroxylation is 2. The number of hydrogen-bond acceptors (Lipinski definition) is 4. The quantitative estimate of drug-likeness (QED) is 0.275. The Labute approximate surface area is 220 Å². The first-order valence-electron chi connectivity index (χ1n) is 10.5. The van der Waals surface area contributed by atoms with Gasteiger partial charge in [0.1, 0.15) is 17.9 Å². The van der Waals surface area contributed by atoms with Crippen LogP contribution in [0, 0.1) is 13.8 Å². The van der Waals surface area contributed by atoms with E-state index in [1.165, 1.54) is 6.08 Å². The standard InChI is InChI=1S/C26H19BrCl2N2O4/c1-14-7-15(2)9-19(8-14)31-25(33)20(24(32)30-26(31)34)12-17-11-18(27)4-6-23(17)35-13-16-3-5-21(28)22(29)10-16/h3-12H,13H2,1-2H3,(H,30,32,34)/b20-12+. The summed E-state index contributed by atoms with van der Waals surface area (Å²) in [6.45, 7) is 3.91. The van der Waals surface area contributed by atoms with Crippen LogP contribution in [0.2, 0.25) is 10.0 Å². The zero-order chi connectivity index (χ0) is 25.3. The van der Waals surface area contributed by atoms with Crippen molar-refractivity contribution >= 4 is 68.7 Å². The van der Waals surface area contributed by atoms with Gasteiger partial charge in [0.05, 0.1) is 15.7 Å². The number of barbiturate groups is 1. The summed E-state index contributed by atoms with van der Waals surface area (Å²) < 4.78 is 6.68. The third-order valence-corrected chi connectivity index (χ3v) is 6.45. The molecular formula is C26H19BrCl2N2O4. The van der Waals surface area contributed by atoms with Gasteiger partial charge in [-0.25, -0.2) is 9.69 Å². The van der Waals surface area contributed by atoms with Crippen molar-refractivity contribution in [3.8, 4) is 5.75 Å². The molecule has 3 aromatic carbocycles. The lowest BCUT2D eigenvalue weighted by Gasteiger charge is -2.27. The molecule has 4 rings (SSSR count). The van der Waals surface area contributed by atoms with Crippen LogP contribution in [0.25, 0.3) is 6.08 Å². The highest BCUT2D eigenvalue weighted by Crippen LogP contribution is 2.30. The zero-order valence-electron chi connectivity index (χ0n) is 18.7. The molecule has 9 heteroatoms. The highest BCUT2D eigenvalue weighted by molar-refractivity contribution is 9.10. The molecule has 1 aliphatic rings. The minimum atomic E-state index is -0.799. The minimum absolute atomic E-state index is 0.183. The lowest BCUT2D eigenvalue weighted by atomic mass is 10.0. The number of carbonyl (C=O) groups excluding carboxylic acids is 3. The second-order valence-corrected chi connectivity index (χ2v) is 9.75. The number of amides is 4. The predicted molar refractivity (Wildman–Crippen MR) is 140 cm³/mol. The van der Waals surface area contributed by atoms with Gasteiger partial charge in [0, 0.05) is 10.0 Å². The van der Waals surface area contributed by atoms with Crippen molar-refractivity contribution in [1.29, 1.82) is 0 Å². The van der Waals surface area contributed by atoms with E-state index in [1.807, 2.05) is 19.9 Å². The summed E-state index contributed by atoms with van der Waals surface area (Å²) >= 11 is 15.5. The van der Waals surface area contributed by atoms with Crippen molar-refractivity contribution in [2.75, 3.05) is 4.90 Å². The molecule has 0 aliphatic carbocycles. The average Bonchev–Trinajstić information content (AvgIpc) is 2.77. The molecule has 0 radical (unpaired) electrons. The largest absolute Gasteiger partial charge is 0.488 e. The topological polar surface area (TPSA) is 75.7 Å². The average molecular weight is 574 g/mol. The molecule has 35 heavy (non-hydrogen) atoms. The van der Waals surface area contributed by atoms with Gasteiger partial charge in [-0.1, -0.05) is 51.3 Å². The van der Waals surface area contributed by atoms with Crippen LogP contribution < -0.4 is 15.0 Å². The van der Waals surface area contributed by atoms with Crippen LogP contribution >= 0.6 is 39.1 Å². The van der Waals surface area contributed by atoms with Gasteiger partial charge >= 0.3 is 6.03 Å². The summed E-state index contributed by atoms with van der Waals surface area (Å²) in [6, 6.07) is 14.9. The Bertz CT molecular complexity index is 1380. The number of carbonyl (C=O) groups is 3. The Balaban J connectivity index is 1.68. The van der Waals surface area contributed by atoms with Crippen LogP contribution in [0.4, 0.5) is 10.5 Å². The maximum absolute atomic E-state index is 13.3. The smallest absolute Gasteiger partial charge is 0.335 e. The summed E-state index contributed by atoms with van der Waals surface area (Å²) in [5.74, 6) is -1.07. The van der Waals surface area contributed by atoms with Crippen LogP contribution in [-0.4, -0.2) is 17.8 Å². The molecule has 1 saturated heterocycles. The Morgan fingerprint density at radius 3 is 2.34 bits per heavy atom. The van der Waals surface area contributed by atoms with E-state index in [-0.39, 0.29) is 12.2 Å². The molecule has 0 atom stereocenters. The SMILES string of the molecule is Cc1cc(C)cc(N2C(=O)NC(=O)/C(=C\c3cc(Br)ccc3OCc3ccc(Cl)c(Cl)c3)C2=O)c1. The van der Waals surface area contributed by atoms with Gasteiger partial charge in [-0.05, 0) is 79.1 Å². The third-order valence-electron chi connectivity index (χ3n) is 5.22. The Morgan fingerprint density at radius 2 is 1.66 bits per heavy atom. The number of ether oxygens (including phenoxy) is 1. The van der Waals surface area contributed by atoms with Gasteiger partial charge in [-0.15, -0.1) is 0 Å². The molecule has 0 aromatic heterocycles. The number of anilines is 1. The number of urea groups is 1.